The molecule has 1 aromatic carbocycles. The monoisotopic (exact) mass is 339 g/mol. The third kappa shape index (κ3) is 8.29. The molecule has 0 fully saturated rings. The van der Waals surface area contributed by atoms with Crippen molar-refractivity contribution in [3.63, 3.8) is 0 Å². The molecule has 4 nitrogen and oxygen atoms in total. The quantitative estimate of drug-likeness (QED) is 0.475. The molecule has 0 spiro atoms. The zero-order valence-corrected chi connectivity index (χ0v) is 15.5. The fraction of sp³-hybridized carbons (Fsp3) is 0.632. The minimum absolute atomic E-state index is 0.00387. The smallest absolute Gasteiger partial charge is 0.434 e. The molecule has 1 amide bonds. The lowest BCUT2D eigenvalue weighted by Crippen LogP contribution is -2.37. The number of hydrogen-bond acceptors (Lipinski definition) is 3. The molecule has 0 N–H and O–H groups in total. The fourth-order valence-electron chi connectivity index (χ4n) is 2.09. The summed E-state index contributed by atoms with van der Waals surface area (Å²) in [6.07, 6.45) is 2.37. The number of nitrogens with zero attached hydrogens (tertiary/aromatic N) is 1. The Morgan fingerprint density at radius 2 is 1.88 bits per heavy atom. The molecule has 0 unspecified atom stereocenters. The zero-order chi connectivity index (χ0) is 18.2. The number of hydrogen-bond donors (Lipinski definition) is 0. The van der Waals surface area contributed by atoms with Gasteiger partial charge in [0.2, 0.25) is 0 Å². The highest BCUT2D eigenvalue weighted by Gasteiger charge is 2.23. The molecular weight excluding hydrogens is 309 g/mol. The van der Waals surface area contributed by atoms with Crippen molar-refractivity contribution >= 4 is 6.09 Å². The van der Waals surface area contributed by atoms with Gasteiger partial charge in [0, 0.05) is 5.56 Å². The molecule has 1 rings (SSSR count). The average molecular weight is 339 g/mol. The highest BCUT2D eigenvalue weighted by molar-refractivity contribution is 5.66. The maximum absolute atomic E-state index is 13.7. The summed E-state index contributed by atoms with van der Waals surface area (Å²) in [6.45, 7) is 10.2. The first kappa shape index (κ1) is 20.4. The first-order chi connectivity index (χ1) is 11.2. The SMILES string of the molecule is CC(C)CCCCN(OCc1ccccc1F)C(=O)OC(C)(C)C. The molecule has 136 valence electrons. The Morgan fingerprint density at radius 3 is 2.46 bits per heavy atom. The predicted octanol–water partition coefficient (Wildman–Crippen LogP) is 5.32. The average Bonchev–Trinajstić information content (AvgIpc) is 2.45. The van der Waals surface area contributed by atoms with E-state index in [0.29, 0.717) is 18.0 Å². The van der Waals surface area contributed by atoms with Crippen LogP contribution in [0.4, 0.5) is 9.18 Å². The Labute approximate surface area is 144 Å². The van der Waals surface area contributed by atoms with Gasteiger partial charge in [-0.25, -0.2) is 9.18 Å². The van der Waals surface area contributed by atoms with Crippen molar-refractivity contribution in [2.75, 3.05) is 6.54 Å². The molecule has 1 aromatic rings. The predicted molar refractivity (Wildman–Crippen MR) is 92.8 cm³/mol. The van der Waals surface area contributed by atoms with E-state index in [1.807, 2.05) is 0 Å². The van der Waals surface area contributed by atoms with Gasteiger partial charge < -0.3 is 4.74 Å². The van der Waals surface area contributed by atoms with Crippen molar-refractivity contribution in [3.8, 4) is 0 Å². The fourth-order valence-corrected chi connectivity index (χ4v) is 2.09. The number of ether oxygens (including phenoxy) is 1. The third-order valence-electron chi connectivity index (χ3n) is 3.32. The Kier molecular flexibility index (Phi) is 8.19. The molecule has 24 heavy (non-hydrogen) atoms. The second-order valence-corrected chi connectivity index (χ2v) is 7.34. The van der Waals surface area contributed by atoms with E-state index in [1.54, 1.807) is 39.0 Å². The van der Waals surface area contributed by atoms with Gasteiger partial charge in [0.15, 0.2) is 0 Å². The molecule has 5 heteroatoms. The van der Waals surface area contributed by atoms with Crippen LogP contribution in [0.25, 0.3) is 0 Å². The summed E-state index contributed by atoms with van der Waals surface area (Å²) in [7, 11) is 0. The molecule has 0 radical (unpaired) electrons. The Bertz CT molecular complexity index is 512. The molecule has 0 aliphatic carbocycles. The highest BCUT2D eigenvalue weighted by Crippen LogP contribution is 2.15. The molecule has 0 aliphatic heterocycles. The van der Waals surface area contributed by atoms with Gasteiger partial charge in [0.25, 0.3) is 0 Å². The van der Waals surface area contributed by atoms with Gasteiger partial charge in [0.1, 0.15) is 18.0 Å². The van der Waals surface area contributed by atoms with Gasteiger partial charge in [-0.15, -0.1) is 0 Å². The normalized spacial score (nSPS) is 11.6. The summed E-state index contributed by atoms with van der Waals surface area (Å²) < 4.78 is 19.1. The van der Waals surface area contributed by atoms with Crippen LogP contribution in [-0.2, 0) is 16.2 Å². The molecule has 0 heterocycles. The van der Waals surface area contributed by atoms with Gasteiger partial charge in [-0.1, -0.05) is 44.9 Å². The number of halogens is 1. The van der Waals surface area contributed by atoms with Crippen LogP contribution in [0.15, 0.2) is 24.3 Å². The summed E-state index contributed by atoms with van der Waals surface area (Å²) in [5.74, 6) is 0.278. The summed E-state index contributed by atoms with van der Waals surface area (Å²) in [4.78, 5) is 17.8. The van der Waals surface area contributed by atoms with Crippen molar-refractivity contribution in [1.29, 1.82) is 0 Å². The summed E-state index contributed by atoms with van der Waals surface area (Å²) in [6, 6.07) is 6.37. The lowest BCUT2D eigenvalue weighted by atomic mass is 10.1. The number of hydroxylamine groups is 2. The molecule has 0 aromatic heterocycles. The van der Waals surface area contributed by atoms with Gasteiger partial charge in [-0.05, 0) is 39.2 Å². The molecule has 0 saturated heterocycles. The third-order valence-corrected chi connectivity index (χ3v) is 3.32. The molecule has 0 atom stereocenters. The first-order valence-corrected chi connectivity index (χ1v) is 8.56. The second-order valence-electron chi connectivity index (χ2n) is 7.34. The van der Waals surface area contributed by atoms with Crippen molar-refractivity contribution in [2.45, 2.75) is 66.1 Å². The van der Waals surface area contributed by atoms with Crippen molar-refractivity contribution in [2.24, 2.45) is 5.92 Å². The zero-order valence-electron chi connectivity index (χ0n) is 15.5. The van der Waals surface area contributed by atoms with E-state index >= 15 is 0 Å². The van der Waals surface area contributed by atoms with Crippen molar-refractivity contribution in [3.05, 3.63) is 35.6 Å². The number of carbonyl (C=O) groups excluding carboxylic acids is 1. The van der Waals surface area contributed by atoms with E-state index in [9.17, 15) is 9.18 Å². The van der Waals surface area contributed by atoms with E-state index in [1.165, 1.54) is 11.1 Å². The Balaban J connectivity index is 2.62. The summed E-state index contributed by atoms with van der Waals surface area (Å²) in [5.41, 5.74) is -0.192. The molecule has 0 saturated carbocycles. The van der Waals surface area contributed by atoms with Crippen LogP contribution < -0.4 is 0 Å². The topological polar surface area (TPSA) is 38.8 Å². The van der Waals surface area contributed by atoms with Crippen LogP contribution in [0.3, 0.4) is 0 Å². The first-order valence-electron chi connectivity index (χ1n) is 8.56. The minimum atomic E-state index is -0.603. The van der Waals surface area contributed by atoms with E-state index < -0.39 is 11.7 Å². The maximum atomic E-state index is 13.7. The lowest BCUT2D eigenvalue weighted by molar-refractivity contribution is -0.157. The largest absolute Gasteiger partial charge is 0.442 e. The van der Waals surface area contributed by atoms with Gasteiger partial charge >= 0.3 is 6.09 Å². The van der Waals surface area contributed by atoms with Crippen LogP contribution in [0.1, 0.15) is 59.4 Å². The van der Waals surface area contributed by atoms with Gasteiger partial charge in [0.05, 0.1) is 6.54 Å². The van der Waals surface area contributed by atoms with Crippen LogP contribution >= 0.6 is 0 Å². The van der Waals surface area contributed by atoms with Crippen molar-refractivity contribution in [1.82, 2.24) is 5.06 Å². The number of carbonyl (C=O) groups is 1. The molecule has 0 aliphatic rings. The number of rotatable bonds is 8. The summed E-state index contributed by atoms with van der Waals surface area (Å²) in [5, 5.41) is 1.21. The minimum Gasteiger partial charge on any atom is -0.442 e. The van der Waals surface area contributed by atoms with Gasteiger partial charge in [-0.2, -0.15) is 5.06 Å². The van der Waals surface area contributed by atoms with Crippen LogP contribution in [0.5, 0.6) is 0 Å². The second kappa shape index (κ2) is 9.62. The lowest BCUT2D eigenvalue weighted by Gasteiger charge is -2.26. The number of unbranched alkanes of at least 4 members (excludes halogenated alkanes) is 1. The summed E-state index contributed by atoms with van der Waals surface area (Å²) >= 11 is 0. The van der Waals surface area contributed by atoms with E-state index in [4.69, 9.17) is 9.57 Å². The van der Waals surface area contributed by atoms with Crippen LogP contribution in [0, 0.1) is 11.7 Å². The Hall–Kier alpha value is -1.62. The Morgan fingerprint density at radius 1 is 1.21 bits per heavy atom. The van der Waals surface area contributed by atoms with Gasteiger partial charge in [-0.3, -0.25) is 4.84 Å². The van der Waals surface area contributed by atoms with Crippen LogP contribution in [-0.4, -0.2) is 23.3 Å². The van der Waals surface area contributed by atoms with E-state index in [2.05, 4.69) is 13.8 Å². The maximum Gasteiger partial charge on any atom is 0.434 e. The molecular formula is C19H30FNO3. The van der Waals surface area contributed by atoms with Crippen LogP contribution in [0.2, 0.25) is 0 Å². The van der Waals surface area contributed by atoms with E-state index in [-0.39, 0.29) is 12.4 Å². The van der Waals surface area contributed by atoms with Crippen molar-refractivity contribution < 1.29 is 18.8 Å². The standard InChI is InChI=1S/C19H30FNO3/c1-15(2)10-8-9-13-21(18(22)24-19(3,4)5)23-14-16-11-6-7-12-17(16)20/h6-7,11-12,15H,8-10,13-14H2,1-5H3. The number of amides is 1. The van der Waals surface area contributed by atoms with E-state index in [0.717, 1.165) is 19.3 Å². The number of benzene rings is 1. The molecule has 0 bridgehead atoms. The highest BCUT2D eigenvalue weighted by atomic mass is 19.1.